The molecule has 0 spiro atoms. The van der Waals surface area contributed by atoms with E-state index in [1.165, 1.54) is 0 Å². The van der Waals surface area contributed by atoms with Crippen LogP contribution in [-0.2, 0) is 24.7 Å². The summed E-state index contributed by atoms with van der Waals surface area (Å²) in [5.41, 5.74) is 0.960. The highest BCUT2D eigenvalue weighted by atomic mass is 32.2. The molecular formula is C21H33N3O5S2. The molecule has 0 bridgehead atoms. The quantitative estimate of drug-likeness (QED) is 0.637. The number of amides is 1. The van der Waals surface area contributed by atoms with Gasteiger partial charge < -0.3 is 4.90 Å². The summed E-state index contributed by atoms with van der Waals surface area (Å²) < 4.78 is 51.9. The van der Waals surface area contributed by atoms with Crippen molar-refractivity contribution in [2.75, 3.05) is 37.7 Å². The number of nitrogens with zero attached hydrogens (tertiary/aromatic N) is 2. The van der Waals surface area contributed by atoms with Crippen LogP contribution in [0, 0.1) is 12.8 Å². The van der Waals surface area contributed by atoms with Crippen molar-refractivity contribution in [2.45, 2.75) is 50.6 Å². The molecule has 1 aromatic carbocycles. The van der Waals surface area contributed by atoms with Gasteiger partial charge in [-0.1, -0.05) is 31.5 Å². The molecule has 8 nitrogen and oxygen atoms in total. The van der Waals surface area contributed by atoms with Gasteiger partial charge in [-0.15, -0.1) is 0 Å². The Morgan fingerprint density at radius 3 is 2.26 bits per heavy atom. The zero-order valence-electron chi connectivity index (χ0n) is 18.5. The van der Waals surface area contributed by atoms with Gasteiger partial charge in [0.25, 0.3) is 0 Å². The lowest BCUT2D eigenvalue weighted by molar-refractivity contribution is -0.135. The highest BCUT2D eigenvalue weighted by Crippen LogP contribution is 2.20. The third kappa shape index (κ3) is 6.27. The number of benzene rings is 1. The Hall–Kier alpha value is -1.49. The lowest BCUT2D eigenvalue weighted by Crippen LogP contribution is -2.56. The van der Waals surface area contributed by atoms with Gasteiger partial charge in [-0.25, -0.2) is 16.8 Å². The van der Waals surface area contributed by atoms with Crippen LogP contribution in [0.4, 0.5) is 0 Å². The van der Waals surface area contributed by atoms with Gasteiger partial charge in [-0.2, -0.15) is 4.72 Å². The maximum absolute atomic E-state index is 13.2. The van der Waals surface area contributed by atoms with E-state index in [-0.39, 0.29) is 34.3 Å². The minimum atomic E-state index is -3.82. The van der Waals surface area contributed by atoms with Crippen LogP contribution in [-0.4, -0.2) is 82.3 Å². The fraction of sp³-hybridized carbons (Fsp3) is 0.667. The summed E-state index contributed by atoms with van der Waals surface area (Å²) >= 11 is 0. The summed E-state index contributed by atoms with van der Waals surface area (Å²) in [6, 6.07) is 5.75. The Morgan fingerprint density at radius 1 is 1.13 bits per heavy atom. The molecule has 3 rings (SSSR count). The predicted molar refractivity (Wildman–Crippen MR) is 120 cm³/mol. The fourth-order valence-corrected chi connectivity index (χ4v) is 7.20. The number of sulfonamides is 1. The van der Waals surface area contributed by atoms with Crippen LogP contribution in [0.1, 0.15) is 32.3 Å². The number of nitrogens with one attached hydrogen (secondary N) is 1. The Labute approximate surface area is 186 Å². The number of hydrogen-bond donors (Lipinski definition) is 1. The topological polar surface area (TPSA) is 104 Å². The first kappa shape index (κ1) is 24.2. The van der Waals surface area contributed by atoms with E-state index in [1.807, 2.05) is 20.8 Å². The van der Waals surface area contributed by atoms with Gasteiger partial charge in [0, 0.05) is 32.2 Å². The summed E-state index contributed by atoms with van der Waals surface area (Å²) in [6.45, 7) is 7.94. The molecule has 0 aliphatic carbocycles. The number of carbonyl (C=O) groups excluding carboxylic acids is 1. The molecule has 174 valence electrons. The lowest BCUT2D eigenvalue weighted by Gasteiger charge is -2.39. The van der Waals surface area contributed by atoms with Gasteiger partial charge in [0.2, 0.25) is 15.9 Å². The highest BCUT2D eigenvalue weighted by Gasteiger charge is 2.36. The maximum atomic E-state index is 13.2. The monoisotopic (exact) mass is 471 g/mol. The molecule has 0 saturated carbocycles. The molecule has 2 atom stereocenters. The van der Waals surface area contributed by atoms with Crippen molar-refractivity contribution in [3.8, 4) is 0 Å². The molecule has 1 amide bonds. The highest BCUT2D eigenvalue weighted by molar-refractivity contribution is 7.91. The minimum Gasteiger partial charge on any atom is -0.339 e. The third-order valence-corrected chi connectivity index (χ3v) is 9.22. The van der Waals surface area contributed by atoms with Crippen LogP contribution in [0.3, 0.4) is 0 Å². The SMILES string of the molecule is Cc1ccc(S(=O)(=O)NC(CC(C)C)C(=O)N2CCN(C3CCS(=O)(=O)C3)CC2)cc1. The van der Waals surface area contributed by atoms with Crippen LogP contribution >= 0.6 is 0 Å². The molecule has 2 fully saturated rings. The van der Waals surface area contributed by atoms with E-state index >= 15 is 0 Å². The number of piperazine rings is 1. The minimum absolute atomic E-state index is 0.0220. The Kier molecular flexibility index (Phi) is 7.45. The molecule has 2 aliphatic rings. The Balaban J connectivity index is 1.65. The van der Waals surface area contributed by atoms with E-state index in [2.05, 4.69) is 9.62 Å². The first-order valence-corrected chi connectivity index (χ1v) is 14.1. The first-order valence-electron chi connectivity index (χ1n) is 10.8. The summed E-state index contributed by atoms with van der Waals surface area (Å²) in [6.07, 6.45) is 1.05. The predicted octanol–water partition coefficient (Wildman–Crippen LogP) is 1.02. The molecule has 2 heterocycles. The number of carbonyl (C=O) groups is 1. The van der Waals surface area contributed by atoms with Gasteiger partial charge in [0.1, 0.15) is 6.04 Å². The Morgan fingerprint density at radius 2 is 1.74 bits per heavy atom. The number of aryl methyl sites for hydroxylation is 1. The average molecular weight is 472 g/mol. The van der Waals surface area contributed by atoms with E-state index in [0.717, 1.165) is 5.56 Å². The second kappa shape index (κ2) is 9.56. The van der Waals surface area contributed by atoms with Crippen LogP contribution < -0.4 is 4.72 Å². The molecule has 2 saturated heterocycles. The van der Waals surface area contributed by atoms with Gasteiger partial charge in [0.15, 0.2) is 9.84 Å². The Bertz CT molecular complexity index is 982. The second-order valence-electron chi connectivity index (χ2n) is 9.03. The summed E-state index contributed by atoms with van der Waals surface area (Å²) in [5, 5.41) is 0. The second-order valence-corrected chi connectivity index (χ2v) is 13.0. The number of hydrogen-bond acceptors (Lipinski definition) is 6. The van der Waals surface area contributed by atoms with Crippen LogP contribution in [0.15, 0.2) is 29.2 Å². The van der Waals surface area contributed by atoms with Gasteiger partial charge in [-0.3, -0.25) is 9.69 Å². The van der Waals surface area contributed by atoms with Gasteiger partial charge in [0.05, 0.1) is 16.4 Å². The van der Waals surface area contributed by atoms with Crippen molar-refractivity contribution in [3.05, 3.63) is 29.8 Å². The third-order valence-electron chi connectivity index (χ3n) is 5.98. The molecule has 31 heavy (non-hydrogen) atoms. The summed E-state index contributed by atoms with van der Waals surface area (Å²) in [5.74, 6) is 0.337. The van der Waals surface area contributed by atoms with Crippen LogP contribution in [0.2, 0.25) is 0 Å². The zero-order valence-corrected chi connectivity index (χ0v) is 20.1. The fourth-order valence-electron chi connectivity index (χ4n) is 4.23. The van der Waals surface area contributed by atoms with E-state index in [0.29, 0.717) is 39.0 Å². The van der Waals surface area contributed by atoms with Crippen molar-refractivity contribution >= 4 is 25.8 Å². The van der Waals surface area contributed by atoms with Crippen molar-refractivity contribution in [1.29, 1.82) is 0 Å². The molecule has 1 N–H and O–H groups in total. The van der Waals surface area contributed by atoms with Gasteiger partial charge >= 0.3 is 0 Å². The largest absolute Gasteiger partial charge is 0.339 e. The van der Waals surface area contributed by atoms with Crippen molar-refractivity contribution in [1.82, 2.24) is 14.5 Å². The van der Waals surface area contributed by atoms with Crippen LogP contribution in [0.5, 0.6) is 0 Å². The van der Waals surface area contributed by atoms with E-state index in [1.54, 1.807) is 29.2 Å². The molecule has 2 unspecified atom stereocenters. The number of sulfone groups is 1. The smallest absolute Gasteiger partial charge is 0.241 e. The van der Waals surface area contributed by atoms with E-state index < -0.39 is 25.9 Å². The maximum Gasteiger partial charge on any atom is 0.241 e. The van der Waals surface area contributed by atoms with E-state index in [9.17, 15) is 21.6 Å². The van der Waals surface area contributed by atoms with Crippen molar-refractivity contribution in [2.24, 2.45) is 5.92 Å². The molecule has 0 radical (unpaired) electrons. The lowest BCUT2D eigenvalue weighted by atomic mass is 10.0. The van der Waals surface area contributed by atoms with E-state index in [4.69, 9.17) is 0 Å². The molecular weight excluding hydrogens is 438 g/mol. The normalized spacial score (nSPS) is 23.2. The molecule has 1 aromatic rings. The standard InChI is InChI=1S/C21H33N3O5S2/c1-16(2)14-20(22-31(28,29)19-6-4-17(3)5-7-19)21(25)24-11-9-23(10-12-24)18-8-13-30(26,27)15-18/h4-7,16,18,20,22H,8-15H2,1-3H3. The molecule has 0 aromatic heterocycles. The van der Waals surface area contributed by atoms with Crippen molar-refractivity contribution < 1.29 is 21.6 Å². The summed E-state index contributed by atoms with van der Waals surface area (Å²) in [4.78, 5) is 17.2. The molecule has 10 heteroatoms. The number of rotatable bonds is 7. The zero-order chi connectivity index (χ0) is 22.8. The van der Waals surface area contributed by atoms with Gasteiger partial charge in [-0.05, 0) is 37.8 Å². The van der Waals surface area contributed by atoms with Crippen LogP contribution in [0.25, 0.3) is 0 Å². The molecule has 2 aliphatic heterocycles. The average Bonchev–Trinajstić information content (AvgIpc) is 3.06. The first-order chi connectivity index (χ1) is 14.5. The summed E-state index contributed by atoms with van der Waals surface area (Å²) in [7, 11) is -6.77. The van der Waals surface area contributed by atoms with Crippen molar-refractivity contribution in [3.63, 3.8) is 0 Å².